The van der Waals surface area contributed by atoms with Crippen LogP contribution in [-0.2, 0) is 29.6 Å². The molecule has 0 saturated carbocycles. The standard InChI is InChI=1S/C12H26O3S.Zn/c1-2-3-4-5-6-7-8-9-10-11-12-16(13,14)15;/h2-12H2,1H3,(H,13,14,15);. The third-order valence-corrected chi connectivity index (χ3v) is 3.56. The SMILES string of the molecule is CCCCCCCCCCCCS(=O)(=O)O.[Zn]. The number of hydrogen-bond acceptors (Lipinski definition) is 2. The molecule has 0 atom stereocenters. The first-order chi connectivity index (χ1) is 7.56. The Kier molecular flexibility index (Phi) is 15.2. The average Bonchev–Trinajstić information content (AvgIpc) is 2.19. The predicted molar refractivity (Wildman–Crippen MR) is 68.3 cm³/mol. The van der Waals surface area contributed by atoms with Gasteiger partial charge in [0.25, 0.3) is 10.1 Å². The predicted octanol–water partition coefficient (Wildman–Crippen LogP) is 3.79. The van der Waals surface area contributed by atoms with Gasteiger partial charge >= 0.3 is 0 Å². The Morgan fingerprint density at radius 3 is 1.47 bits per heavy atom. The molecular formula is C12H26O3SZn. The number of rotatable bonds is 11. The smallest absolute Gasteiger partial charge is 0.264 e. The maximum absolute atomic E-state index is 10.4. The molecule has 0 aliphatic rings. The maximum Gasteiger partial charge on any atom is 0.264 e. The van der Waals surface area contributed by atoms with E-state index < -0.39 is 10.1 Å². The zero-order chi connectivity index (χ0) is 12.3. The van der Waals surface area contributed by atoms with E-state index >= 15 is 0 Å². The minimum Gasteiger partial charge on any atom is -0.286 e. The Labute approximate surface area is 119 Å². The fourth-order valence-corrected chi connectivity index (χ4v) is 2.34. The van der Waals surface area contributed by atoms with Crippen LogP contribution in [0, 0.1) is 0 Å². The molecule has 0 aromatic rings. The third kappa shape index (κ3) is 19.1. The van der Waals surface area contributed by atoms with Crippen LogP contribution in [0.3, 0.4) is 0 Å². The van der Waals surface area contributed by atoms with Gasteiger partial charge in [-0.3, -0.25) is 4.55 Å². The quantitative estimate of drug-likeness (QED) is 0.358. The maximum atomic E-state index is 10.4. The second-order valence-electron chi connectivity index (χ2n) is 4.47. The molecular weight excluding hydrogens is 290 g/mol. The Morgan fingerprint density at radius 2 is 1.12 bits per heavy atom. The molecule has 0 rings (SSSR count). The average molecular weight is 316 g/mol. The Hall–Kier alpha value is 0.533. The van der Waals surface area contributed by atoms with Gasteiger partial charge in [-0.05, 0) is 6.42 Å². The van der Waals surface area contributed by atoms with Crippen LogP contribution in [0.2, 0.25) is 0 Å². The zero-order valence-corrected chi connectivity index (χ0v) is 14.9. The van der Waals surface area contributed by atoms with Crippen molar-refractivity contribution in [3.63, 3.8) is 0 Å². The van der Waals surface area contributed by atoms with Crippen LogP contribution < -0.4 is 0 Å². The van der Waals surface area contributed by atoms with Crippen molar-refractivity contribution in [2.75, 3.05) is 5.75 Å². The number of unbranched alkanes of at least 4 members (excludes halogenated alkanes) is 9. The summed E-state index contributed by atoms with van der Waals surface area (Å²) in [6, 6.07) is 0. The summed E-state index contributed by atoms with van der Waals surface area (Å²) >= 11 is 0. The van der Waals surface area contributed by atoms with Crippen molar-refractivity contribution in [2.45, 2.75) is 71.1 Å². The minimum atomic E-state index is -3.73. The molecule has 0 aliphatic heterocycles. The molecule has 0 unspecified atom stereocenters. The van der Waals surface area contributed by atoms with E-state index in [2.05, 4.69) is 6.92 Å². The summed E-state index contributed by atoms with van der Waals surface area (Å²) in [5.41, 5.74) is 0. The Bertz CT molecular complexity index is 240. The van der Waals surface area contributed by atoms with Crippen molar-refractivity contribution in [3.8, 4) is 0 Å². The molecule has 1 N–H and O–H groups in total. The van der Waals surface area contributed by atoms with E-state index in [1.807, 2.05) is 0 Å². The molecule has 5 heteroatoms. The van der Waals surface area contributed by atoms with E-state index in [1.54, 1.807) is 0 Å². The molecule has 3 nitrogen and oxygen atoms in total. The molecule has 0 saturated heterocycles. The van der Waals surface area contributed by atoms with Gasteiger partial charge in [-0.1, -0.05) is 64.7 Å². The van der Waals surface area contributed by atoms with E-state index in [0.717, 1.165) is 12.8 Å². The van der Waals surface area contributed by atoms with E-state index in [4.69, 9.17) is 4.55 Å². The molecule has 0 heterocycles. The zero-order valence-electron chi connectivity index (χ0n) is 11.2. The normalized spacial score (nSPS) is 11.2. The summed E-state index contributed by atoms with van der Waals surface area (Å²) in [5.74, 6) is -0.0799. The first kappa shape index (κ1) is 19.9. The van der Waals surface area contributed by atoms with Crippen LogP contribution in [0.1, 0.15) is 71.1 Å². The van der Waals surface area contributed by atoms with Crippen LogP contribution in [0.25, 0.3) is 0 Å². The van der Waals surface area contributed by atoms with Crippen LogP contribution in [-0.4, -0.2) is 18.7 Å². The second-order valence-corrected chi connectivity index (χ2v) is 6.04. The van der Waals surface area contributed by atoms with Gasteiger partial charge in [0.05, 0.1) is 5.75 Å². The Morgan fingerprint density at radius 1 is 0.765 bits per heavy atom. The van der Waals surface area contributed by atoms with E-state index in [0.29, 0.717) is 6.42 Å². The molecule has 17 heavy (non-hydrogen) atoms. The molecule has 0 spiro atoms. The fraction of sp³-hybridized carbons (Fsp3) is 1.00. The Balaban J connectivity index is 0. The number of hydrogen-bond donors (Lipinski definition) is 1. The van der Waals surface area contributed by atoms with E-state index in [9.17, 15) is 8.42 Å². The van der Waals surface area contributed by atoms with Gasteiger partial charge in [-0.15, -0.1) is 0 Å². The van der Waals surface area contributed by atoms with Gasteiger partial charge in [0.15, 0.2) is 0 Å². The topological polar surface area (TPSA) is 54.4 Å². The van der Waals surface area contributed by atoms with Gasteiger partial charge in [-0.2, -0.15) is 8.42 Å². The van der Waals surface area contributed by atoms with Gasteiger partial charge in [0.1, 0.15) is 0 Å². The monoisotopic (exact) mass is 314 g/mol. The van der Waals surface area contributed by atoms with Crippen molar-refractivity contribution < 1.29 is 32.4 Å². The first-order valence-electron chi connectivity index (χ1n) is 6.51. The van der Waals surface area contributed by atoms with Gasteiger partial charge < -0.3 is 0 Å². The van der Waals surface area contributed by atoms with Gasteiger partial charge in [-0.25, -0.2) is 0 Å². The summed E-state index contributed by atoms with van der Waals surface area (Å²) in [5, 5.41) is 0. The van der Waals surface area contributed by atoms with Crippen LogP contribution in [0.5, 0.6) is 0 Å². The fourth-order valence-electron chi connectivity index (χ4n) is 1.77. The van der Waals surface area contributed by atoms with Gasteiger partial charge in [0.2, 0.25) is 0 Å². The van der Waals surface area contributed by atoms with Crippen LogP contribution >= 0.6 is 0 Å². The van der Waals surface area contributed by atoms with E-state index in [-0.39, 0.29) is 25.2 Å². The molecule has 0 aromatic carbocycles. The third-order valence-electron chi connectivity index (χ3n) is 2.76. The molecule has 0 fully saturated rings. The van der Waals surface area contributed by atoms with Crippen LogP contribution in [0.15, 0.2) is 0 Å². The first-order valence-corrected chi connectivity index (χ1v) is 8.12. The second kappa shape index (κ2) is 13.0. The molecule has 0 amide bonds. The summed E-state index contributed by atoms with van der Waals surface area (Å²) in [7, 11) is -3.73. The summed E-state index contributed by atoms with van der Waals surface area (Å²) in [6.45, 7) is 2.22. The largest absolute Gasteiger partial charge is 0.286 e. The molecule has 0 aromatic heterocycles. The van der Waals surface area contributed by atoms with Crippen molar-refractivity contribution in [3.05, 3.63) is 0 Å². The van der Waals surface area contributed by atoms with Gasteiger partial charge in [0, 0.05) is 19.5 Å². The molecule has 100 valence electrons. The van der Waals surface area contributed by atoms with Crippen molar-refractivity contribution >= 4 is 10.1 Å². The summed E-state index contributed by atoms with van der Waals surface area (Å²) in [4.78, 5) is 0. The summed E-state index contributed by atoms with van der Waals surface area (Å²) in [6.07, 6.45) is 11.7. The summed E-state index contributed by atoms with van der Waals surface area (Å²) < 4.78 is 29.4. The van der Waals surface area contributed by atoms with Crippen molar-refractivity contribution in [1.82, 2.24) is 0 Å². The molecule has 0 radical (unpaired) electrons. The van der Waals surface area contributed by atoms with Crippen molar-refractivity contribution in [1.29, 1.82) is 0 Å². The van der Waals surface area contributed by atoms with Crippen molar-refractivity contribution in [2.24, 2.45) is 0 Å². The van der Waals surface area contributed by atoms with Crippen LogP contribution in [0.4, 0.5) is 0 Å². The minimum absolute atomic E-state index is 0. The molecule has 0 aliphatic carbocycles. The molecule has 0 bridgehead atoms. The van der Waals surface area contributed by atoms with E-state index in [1.165, 1.54) is 44.9 Å².